The van der Waals surface area contributed by atoms with E-state index in [9.17, 15) is 5.11 Å². The van der Waals surface area contributed by atoms with Gasteiger partial charge in [0, 0.05) is 11.6 Å². The molecular formula is C15H16N2O. The summed E-state index contributed by atoms with van der Waals surface area (Å²) in [5, 5.41) is 9.86. The molecule has 3 N–H and O–H groups in total. The number of phenols is 1. The number of hydrazine groups is 1. The van der Waals surface area contributed by atoms with E-state index in [0.717, 1.165) is 12.0 Å². The average molecular weight is 240 g/mol. The first-order valence-electron chi connectivity index (χ1n) is 6.18. The van der Waals surface area contributed by atoms with Crippen LogP contribution >= 0.6 is 0 Å². The lowest BCUT2D eigenvalue weighted by Crippen LogP contribution is -2.26. The average Bonchev–Trinajstić information content (AvgIpc) is 2.90. The molecule has 1 fully saturated rings. The number of aromatic hydroxyl groups is 1. The number of phenolic OH excluding ortho intramolecular Hbond substituents is 1. The summed E-state index contributed by atoms with van der Waals surface area (Å²) >= 11 is 0. The van der Waals surface area contributed by atoms with Crippen molar-refractivity contribution in [1.29, 1.82) is 0 Å². The van der Waals surface area contributed by atoms with Crippen LogP contribution in [-0.2, 0) is 0 Å². The molecule has 2 aromatic carbocycles. The number of rotatable bonds is 2. The molecule has 0 saturated carbocycles. The Bertz CT molecular complexity index is 527. The quantitative estimate of drug-likeness (QED) is 0.756. The van der Waals surface area contributed by atoms with Crippen LogP contribution in [0.15, 0.2) is 54.6 Å². The van der Waals surface area contributed by atoms with Gasteiger partial charge >= 0.3 is 0 Å². The third-order valence-electron chi connectivity index (χ3n) is 3.42. The van der Waals surface area contributed by atoms with E-state index in [-0.39, 0.29) is 12.1 Å². The molecule has 0 aliphatic carbocycles. The van der Waals surface area contributed by atoms with E-state index < -0.39 is 0 Å². The van der Waals surface area contributed by atoms with E-state index in [1.54, 1.807) is 6.07 Å². The van der Waals surface area contributed by atoms with Gasteiger partial charge in [0.1, 0.15) is 5.75 Å². The summed E-state index contributed by atoms with van der Waals surface area (Å²) in [5.41, 5.74) is 8.75. The van der Waals surface area contributed by atoms with E-state index in [1.165, 1.54) is 5.56 Å². The van der Waals surface area contributed by atoms with Crippen LogP contribution < -0.4 is 10.9 Å². The number of para-hydroxylation sites is 1. The monoisotopic (exact) mass is 240 g/mol. The normalized spacial score (nSPS) is 23.1. The summed E-state index contributed by atoms with van der Waals surface area (Å²) in [6.45, 7) is 0. The fraction of sp³-hybridized carbons (Fsp3) is 0.200. The Morgan fingerprint density at radius 3 is 2.28 bits per heavy atom. The molecule has 1 saturated heterocycles. The molecule has 1 aliphatic rings. The standard InChI is InChI=1S/C15H16N2O/c18-15-9-5-4-8-12(15)14-10-13(16-17-14)11-6-2-1-3-7-11/h1-9,13-14,16-18H,10H2. The van der Waals surface area contributed by atoms with Crippen LogP contribution in [0.1, 0.15) is 29.6 Å². The summed E-state index contributed by atoms with van der Waals surface area (Å²) in [4.78, 5) is 0. The summed E-state index contributed by atoms with van der Waals surface area (Å²) in [6.07, 6.45) is 0.932. The molecule has 0 bridgehead atoms. The highest BCUT2D eigenvalue weighted by Gasteiger charge is 2.27. The molecule has 2 atom stereocenters. The number of hydrogen-bond donors (Lipinski definition) is 3. The summed E-state index contributed by atoms with van der Waals surface area (Å²) in [7, 11) is 0. The minimum absolute atomic E-state index is 0.149. The van der Waals surface area contributed by atoms with Gasteiger partial charge in [-0.1, -0.05) is 48.5 Å². The maximum Gasteiger partial charge on any atom is 0.120 e. The molecule has 0 aromatic heterocycles. The van der Waals surface area contributed by atoms with Crippen LogP contribution in [0.25, 0.3) is 0 Å². The van der Waals surface area contributed by atoms with Gasteiger partial charge < -0.3 is 5.11 Å². The molecule has 3 rings (SSSR count). The molecule has 1 heterocycles. The topological polar surface area (TPSA) is 44.3 Å². The Labute approximate surface area is 106 Å². The van der Waals surface area contributed by atoms with Gasteiger partial charge in [-0.15, -0.1) is 0 Å². The van der Waals surface area contributed by atoms with Gasteiger partial charge in [-0.25, -0.2) is 10.9 Å². The third-order valence-corrected chi connectivity index (χ3v) is 3.42. The third kappa shape index (κ3) is 2.10. The smallest absolute Gasteiger partial charge is 0.120 e. The molecule has 92 valence electrons. The maximum atomic E-state index is 9.86. The van der Waals surface area contributed by atoms with Crippen molar-refractivity contribution in [2.24, 2.45) is 0 Å². The fourth-order valence-corrected chi connectivity index (χ4v) is 2.45. The van der Waals surface area contributed by atoms with Gasteiger partial charge in [-0.3, -0.25) is 0 Å². The van der Waals surface area contributed by atoms with Crippen molar-refractivity contribution in [3.63, 3.8) is 0 Å². The second-order valence-electron chi connectivity index (χ2n) is 4.60. The first-order valence-corrected chi connectivity index (χ1v) is 6.18. The largest absolute Gasteiger partial charge is 0.508 e. The Balaban J connectivity index is 1.78. The SMILES string of the molecule is Oc1ccccc1C1CC(c2ccccc2)NN1. The molecule has 0 amide bonds. The number of benzene rings is 2. The van der Waals surface area contributed by atoms with Crippen molar-refractivity contribution in [1.82, 2.24) is 10.9 Å². The van der Waals surface area contributed by atoms with Gasteiger partial charge in [0.15, 0.2) is 0 Å². The van der Waals surface area contributed by atoms with Gasteiger partial charge in [0.2, 0.25) is 0 Å². The fourth-order valence-electron chi connectivity index (χ4n) is 2.45. The van der Waals surface area contributed by atoms with Crippen molar-refractivity contribution in [3.8, 4) is 5.75 Å². The Kier molecular flexibility index (Phi) is 3.00. The zero-order valence-electron chi connectivity index (χ0n) is 10.0. The lowest BCUT2D eigenvalue weighted by Gasteiger charge is -2.11. The van der Waals surface area contributed by atoms with E-state index in [2.05, 4.69) is 23.0 Å². The molecule has 3 nitrogen and oxygen atoms in total. The molecule has 2 unspecified atom stereocenters. The zero-order valence-corrected chi connectivity index (χ0v) is 10.0. The Morgan fingerprint density at radius 1 is 0.833 bits per heavy atom. The lowest BCUT2D eigenvalue weighted by molar-refractivity contribution is 0.453. The van der Waals surface area contributed by atoms with Crippen LogP contribution in [0.4, 0.5) is 0 Å². The molecule has 1 aliphatic heterocycles. The van der Waals surface area contributed by atoms with Crippen LogP contribution in [0, 0.1) is 0 Å². The highest BCUT2D eigenvalue weighted by atomic mass is 16.3. The van der Waals surface area contributed by atoms with Gasteiger partial charge in [0.05, 0.1) is 6.04 Å². The van der Waals surface area contributed by atoms with Gasteiger partial charge in [-0.05, 0) is 18.1 Å². The van der Waals surface area contributed by atoms with Crippen LogP contribution in [0.2, 0.25) is 0 Å². The molecule has 2 aromatic rings. The molecule has 18 heavy (non-hydrogen) atoms. The minimum atomic E-state index is 0.149. The van der Waals surface area contributed by atoms with E-state index in [0.29, 0.717) is 5.75 Å². The van der Waals surface area contributed by atoms with Gasteiger partial charge in [0.25, 0.3) is 0 Å². The van der Waals surface area contributed by atoms with Crippen molar-refractivity contribution >= 4 is 0 Å². The first-order chi connectivity index (χ1) is 8.84. The van der Waals surface area contributed by atoms with Crippen LogP contribution in [0.5, 0.6) is 5.75 Å². The molecule has 3 heteroatoms. The lowest BCUT2D eigenvalue weighted by atomic mass is 9.97. The maximum absolute atomic E-state index is 9.86. The van der Waals surface area contributed by atoms with Crippen molar-refractivity contribution in [3.05, 3.63) is 65.7 Å². The van der Waals surface area contributed by atoms with Crippen molar-refractivity contribution < 1.29 is 5.11 Å². The van der Waals surface area contributed by atoms with E-state index in [4.69, 9.17) is 0 Å². The highest BCUT2D eigenvalue weighted by molar-refractivity contribution is 5.35. The second-order valence-corrected chi connectivity index (χ2v) is 4.60. The van der Waals surface area contributed by atoms with Crippen LogP contribution in [0.3, 0.4) is 0 Å². The summed E-state index contributed by atoms with van der Waals surface area (Å²) in [5.74, 6) is 0.352. The zero-order chi connectivity index (χ0) is 12.4. The number of hydrogen-bond acceptors (Lipinski definition) is 3. The van der Waals surface area contributed by atoms with Crippen LogP contribution in [-0.4, -0.2) is 5.11 Å². The second kappa shape index (κ2) is 4.80. The van der Waals surface area contributed by atoms with Gasteiger partial charge in [-0.2, -0.15) is 0 Å². The first kappa shape index (κ1) is 11.3. The predicted octanol–water partition coefficient (Wildman–Crippen LogP) is 2.67. The molecular weight excluding hydrogens is 224 g/mol. The van der Waals surface area contributed by atoms with Crippen molar-refractivity contribution in [2.75, 3.05) is 0 Å². The molecule has 0 spiro atoms. The highest BCUT2D eigenvalue weighted by Crippen LogP contribution is 2.34. The summed E-state index contributed by atoms with van der Waals surface area (Å²) in [6, 6.07) is 18.3. The Morgan fingerprint density at radius 2 is 1.50 bits per heavy atom. The summed E-state index contributed by atoms with van der Waals surface area (Å²) < 4.78 is 0. The predicted molar refractivity (Wildman–Crippen MR) is 70.9 cm³/mol. The number of nitrogens with one attached hydrogen (secondary N) is 2. The Hall–Kier alpha value is -1.84. The minimum Gasteiger partial charge on any atom is -0.508 e. The van der Waals surface area contributed by atoms with Crippen molar-refractivity contribution in [2.45, 2.75) is 18.5 Å². The van der Waals surface area contributed by atoms with E-state index in [1.807, 2.05) is 36.4 Å². The molecule has 0 radical (unpaired) electrons. The van der Waals surface area contributed by atoms with E-state index >= 15 is 0 Å².